The normalized spacial score (nSPS) is 12.1. The summed E-state index contributed by atoms with van der Waals surface area (Å²) in [6, 6.07) is 1.76. The van der Waals surface area contributed by atoms with Crippen molar-refractivity contribution < 1.29 is 19.1 Å². The van der Waals surface area contributed by atoms with Gasteiger partial charge in [0.15, 0.2) is 0 Å². The second-order valence-corrected chi connectivity index (χ2v) is 5.15. The van der Waals surface area contributed by atoms with Crippen LogP contribution in [-0.2, 0) is 4.79 Å². The van der Waals surface area contributed by atoms with E-state index in [2.05, 4.69) is 10.6 Å². The highest BCUT2D eigenvalue weighted by molar-refractivity contribution is 6.33. The fourth-order valence-corrected chi connectivity index (χ4v) is 1.77. The molecule has 0 saturated heterocycles. The van der Waals surface area contributed by atoms with Crippen molar-refractivity contribution in [2.24, 2.45) is 5.92 Å². The number of benzene rings is 1. The molecular weight excluding hydrogens is 287 g/mol. The van der Waals surface area contributed by atoms with Crippen LogP contribution in [-0.4, -0.2) is 23.1 Å². The van der Waals surface area contributed by atoms with Gasteiger partial charge in [-0.2, -0.15) is 0 Å². The Morgan fingerprint density at radius 2 is 2.05 bits per heavy atom. The molecule has 0 unspecified atom stereocenters. The highest BCUT2D eigenvalue weighted by Gasteiger charge is 2.21. The molecule has 0 spiro atoms. The molecule has 2 amide bonds. The van der Waals surface area contributed by atoms with Crippen LogP contribution in [0.5, 0.6) is 0 Å². The van der Waals surface area contributed by atoms with E-state index in [0.29, 0.717) is 6.42 Å². The first-order valence-corrected chi connectivity index (χ1v) is 6.42. The zero-order chi connectivity index (χ0) is 15.3. The molecule has 1 rings (SSSR count). The van der Waals surface area contributed by atoms with Gasteiger partial charge in [0.25, 0.3) is 0 Å². The van der Waals surface area contributed by atoms with Gasteiger partial charge < -0.3 is 15.7 Å². The minimum Gasteiger partial charge on any atom is -0.480 e. The molecule has 5 nitrogen and oxygen atoms in total. The van der Waals surface area contributed by atoms with Crippen LogP contribution in [0.4, 0.5) is 14.9 Å². The zero-order valence-corrected chi connectivity index (χ0v) is 11.9. The smallest absolute Gasteiger partial charge is 0.326 e. The van der Waals surface area contributed by atoms with Crippen LogP contribution in [0, 0.1) is 11.7 Å². The number of carboxylic acid groups (broad SMARTS) is 1. The highest BCUT2D eigenvalue weighted by Crippen LogP contribution is 2.22. The molecule has 0 aliphatic carbocycles. The van der Waals surface area contributed by atoms with Crippen LogP contribution < -0.4 is 10.6 Å². The fourth-order valence-electron chi connectivity index (χ4n) is 1.60. The number of rotatable bonds is 5. The Morgan fingerprint density at radius 3 is 2.60 bits per heavy atom. The maximum Gasteiger partial charge on any atom is 0.326 e. The first-order chi connectivity index (χ1) is 9.29. The lowest BCUT2D eigenvalue weighted by Crippen LogP contribution is -2.43. The molecule has 20 heavy (non-hydrogen) atoms. The van der Waals surface area contributed by atoms with Gasteiger partial charge in [0.1, 0.15) is 11.9 Å². The first-order valence-electron chi connectivity index (χ1n) is 6.05. The molecule has 1 aromatic carbocycles. The summed E-state index contributed by atoms with van der Waals surface area (Å²) in [5.74, 6) is -1.57. The summed E-state index contributed by atoms with van der Waals surface area (Å²) in [6.45, 7) is 3.69. The molecule has 0 aliphatic heterocycles. The van der Waals surface area contributed by atoms with E-state index >= 15 is 0 Å². The van der Waals surface area contributed by atoms with Gasteiger partial charge in [-0.25, -0.2) is 14.0 Å². The van der Waals surface area contributed by atoms with Crippen LogP contribution in [0.25, 0.3) is 0 Å². The SMILES string of the molecule is CC(C)C[C@@H](NC(=O)Nc1cc(F)ccc1Cl)C(=O)O. The van der Waals surface area contributed by atoms with Crippen LogP contribution in [0.3, 0.4) is 0 Å². The third kappa shape index (κ3) is 5.05. The second kappa shape index (κ2) is 7.09. The minimum absolute atomic E-state index is 0.0813. The standard InChI is InChI=1S/C13H16ClFN2O3/c1-7(2)5-11(12(18)19)17-13(20)16-10-6-8(15)3-4-9(10)14/h3-4,6-7,11H,5H2,1-2H3,(H,18,19)(H2,16,17,20)/t11-/m1/s1. The van der Waals surface area contributed by atoms with Gasteiger partial charge in [-0.1, -0.05) is 25.4 Å². The van der Waals surface area contributed by atoms with E-state index < -0.39 is 23.9 Å². The summed E-state index contributed by atoms with van der Waals surface area (Å²) in [4.78, 5) is 22.7. The number of hydrogen-bond donors (Lipinski definition) is 3. The number of aliphatic carboxylic acids is 1. The van der Waals surface area contributed by atoms with Crippen molar-refractivity contribution >= 4 is 29.3 Å². The Balaban J connectivity index is 2.70. The van der Waals surface area contributed by atoms with E-state index in [-0.39, 0.29) is 16.6 Å². The molecule has 1 aromatic rings. The van der Waals surface area contributed by atoms with Gasteiger partial charge in [0.2, 0.25) is 0 Å². The van der Waals surface area contributed by atoms with E-state index in [9.17, 15) is 14.0 Å². The molecule has 0 radical (unpaired) electrons. The topological polar surface area (TPSA) is 78.4 Å². The Hall–Kier alpha value is -1.82. The highest BCUT2D eigenvalue weighted by atomic mass is 35.5. The van der Waals surface area contributed by atoms with E-state index in [1.807, 2.05) is 13.8 Å². The predicted molar refractivity (Wildman–Crippen MR) is 74.4 cm³/mol. The first kappa shape index (κ1) is 16.2. The number of carboxylic acids is 1. The second-order valence-electron chi connectivity index (χ2n) is 4.74. The van der Waals surface area contributed by atoms with Gasteiger partial charge in [-0.3, -0.25) is 0 Å². The van der Waals surface area contributed by atoms with Gasteiger partial charge in [0, 0.05) is 0 Å². The van der Waals surface area contributed by atoms with Crippen molar-refractivity contribution in [2.45, 2.75) is 26.3 Å². The molecule has 7 heteroatoms. The van der Waals surface area contributed by atoms with Crippen molar-refractivity contribution in [3.8, 4) is 0 Å². The zero-order valence-electron chi connectivity index (χ0n) is 11.1. The van der Waals surface area contributed by atoms with Crippen LogP contribution in [0.1, 0.15) is 20.3 Å². The average molecular weight is 303 g/mol. The number of amides is 2. The van der Waals surface area contributed by atoms with Crippen molar-refractivity contribution in [3.05, 3.63) is 29.0 Å². The number of carbonyl (C=O) groups excluding carboxylic acids is 1. The molecule has 1 atom stereocenters. The number of hydrogen-bond acceptors (Lipinski definition) is 2. The summed E-state index contributed by atoms with van der Waals surface area (Å²) in [6.07, 6.45) is 0.291. The summed E-state index contributed by atoms with van der Waals surface area (Å²) >= 11 is 5.80. The van der Waals surface area contributed by atoms with E-state index in [0.717, 1.165) is 12.1 Å². The maximum absolute atomic E-state index is 13.0. The third-order valence-corrected chi connectivity index (χ3v) is 2.82. The van der Waals surface area contributed by atoms with E-state index in [1.54, 1.807) is 0 Å². The Kier molecular flexibility index (Phi) is 5.76. The molecule has 0 aliphatic rings. The van der Waals surface area contributed by atoms with Gasteiger partial charge in [0.05, 0.1) is 10.7 Å². The lowest BCUT2D eigenvalue weighted by atomic mass is 10.0. The van der Waals surface area contributed by atoms with Crippen LogP contribution in [0.2, 0.25) is 5.02 Å². The molecular formula is C13H16ClFN2O3. The number of nitrogens with one attached hydrogen (secondary N) is 2. The average Bonchev–Trinajstić information content (AvgIpc) is 2.32. The quantitative estimate of drug-likeness (QED) is 0.782. The minimum atomic E-state index is -1.13. The molecule has 0 fully saturated rings. The predicted octanol–water partition coefficient (Wildman–Crippen LogP) is 3.10. The summed E-state index contributed by atoms with van der Waals surface area (Å²) in [5, 5.41) is 13.8. The van der Waals surface area contributed by atoms with Crippen molar-refractivity contribution in [3.63, 3.8) is 0 Å². The number of urea groups is 1. The third-order valence-electron chi connectivity index (χ3n) is 2.49. The van der Waals surface area contributed by atoms with Crippen molar-refractivity contribution in [1.82, 2.24) is 5.32 Å². The Bertz CT molecular complexity index is 508. The van der Waals surface area contributed by atoms with Crippen molar-refractivity contribution in [2.75, 3.05) is 5.32 Å². The van der Waals surface area contributed by atoms with E-state index in [4.69, 9.17) is 16.7 Å². The van der Waals surface area contributed by atoms with Crippen LogP contribution >= 0.6 is 11.6 Å². The molecule has 3 N–H and O–H groups in total. The molecule has 0 aromatic heterocycles. The van der Waals surface area contributed by atoms with Crippen LogP contribution in [0.15, 0.2) is 18.2 Å². The van der Waals surface area contributed by atoms with E-state index in [1.165, 1.54) is 6.07 Å². The number of carbonyl (C=O) groups is 2. The Morgan fingerprint density at radius 1 is 1.40 bits per heavy atom. The van der Waals surface area contributed by atoms with Gasteiger partial charge in [-0.05, 0) is 30.5 Å². The summed E-state index contributed by atoms with van der Waals surface area (Å²) in [7, 11) is 0. The lowest BCUT2D eigenvalue weighted by Gasteiger charge is -2.17. The summed E-state index contributed by atoms with van der Waals surface area (Å²) < 4.78 is 13.0. The molecule has 0 heterocycles. The fraction of sp³-hybridized carbons (Fsp3) is 0.385. The monoisotopic (exact) mass is 302 g/mol. The molecule has 110 valence electrons. The van der Waals surface area contributed by atoms with Crippen molar-refractivity contribution in [1.29, 1.82) is 0 Å². The molecule has 0 bridgehead atoms. The number of halogens is 2. The molecule has 0 saturated carbocycles. The lowest BCUT2D eigenvalue weighted by molar-refractivity contribution is -0.139. The Labute approximate surface area is 121 Å². The van der Waals surface area contributed by atoms with Gasteiger partial charge in [-0.15, -0.1) is 0 Å². The maximum atomic E-state index is 13.0. The number of anilines is 1. The van der Waals surface area contributed by atoms with Gasteiger partial charge >= 0.3 is 12.0 Å². The largest absolute Gasteiger partial charge is 0.480 e. The summed E-state index contributed by atoms with van der Waals surface area (Å²) in [5.41, 5.74) is 0.0813.